The summed E-state index contributed by atoms with van der Waals surface area (Å²) in [5, 5.41) is 10.5. The van der Waals surface area contributed by atoms with E-state index in [4.69, 9.17) is 9.47 Å². The van der Waals surface area contributed by atoms with Crippen LogP contribution in [-0.4, -0.2) is 24.1 Å². The molecule has 0 saturated carbocycles. The molecular formula is C17H26O3. The van der Waals surface area contributed by atoms with Gasteiger partial charge in [0.25, 0.3) is 0 Å². The van der Waals surface area contributed by atoms with Gasteiger partial charge in [0.1, 0.15) is 5.75 Å². The Labute approximate surface area is 121 Å². The van der Waals surface area contributed by atoms with Gasteiger partial charge >= 0.3 is 0 Å². The molecule has 3 heteroatoms. The maximum Gasteiger partial charge on any atom is 0.165 e. The molecule has 3 nitrogen and oxygen atoms in total. The van der Waals surface area contributed by atoms with Crippen LogP contribution in [0.25, 0.3) is 0 Å². The van der Waals surface area contributed by atoms with Gasteiger partial charge in [0.05, 0.1) is 13.2 Å². The third kappa shape index (κ3) is 4.22. The second kappa shape index (κ2) is 7.09. The molecule has 1 aliphatic heterocycles. The summed E-state index contributed by atoms with van der Waals surface area (Å²) < 4.78 is 11.1. The maximum absolute atomic E-state index is 10.5. The monoisotopic (exact) mass is 278 g/mol. The van der Waals surface area contributed by atoms with E-state index in [9.17, 15) is 5.11 Å². The van der Waals surface area contributed by atoms with Crippen LogP contribution in [0.5, 0.6) is 5.75 Å². The minimum absolute atomic E-state index is 0.124. The van der Waals surface area contributed by atoms with E-state index in [0.29, 0.717) is 0 Å². The van der Waals surface area contributed by atoms with Crippen molar-refractivity contribution in [3.63, 3.8) is 0 Å². The molecule has 1 saturated heterocycles. The summed E-state index contributed by atoms with van der Waals surface area (Å²) in [4.78, 5) is 0. The minimum Gasteiger partial charge on any atom is -0.497 e. The lowest BCUT2D eigenvalue weighted by Crippen LogP contribution is -2.41. The minimum atomic E-state index is -0.897. The second-order valence-corrected chi connectivity index (χ2v) is 5.73. The molecule has 2 rings (SSSR count). The number of benzene rings is 1. The molecule has 1 N–H and O–H groups in total. The normalized spacial score (nSPS) is 26.4. The van der Waals surface area contributed by atoms with Crippen molar-refractivity contribution in [2.75, 3.05) is 7.11 Å². The van der Waals surface area contributed by atoms with E-state index in [1.165, 1.54) is 5.56 Å². The number of hydrogen-bond acceptors (Lipinski definition) is 3. The summed E-state index contributed by atoms with van der Waals surface area (Å²) in [5.41, 5.74) is 1.23. The predicted octanol–water partition coefficient (Wildman–Crippen LogP) is 3.69. The Hall–Kier alpha value is -1.06. The summed E-state index contributed by atoms with van der Waals surface area (Å²) in [5.74, 6) is -0.0245. The number of unbranched alkanes of at least 4 members (excludes halogenated alkanes) is 1. The van der Waals surface area contributed by atoms with Crippen molar-refractivity contribution in [1.29, 1.82) is 0 Å². The van der Waals surface area contributed by atoms with Crippen LogP contribution in [0.15, 0.2) is 24.3 Å². The summed E-state index contributed by atoms with van der Waals surface area (Å²) in [7, 11) is 1.67. The quantitative estimate of drug-likeness (QED) is 0.862. The van der Waals surface area contributed by atoms with Gasteiger partial charge in [-0.15, -0.1) is 0 Å². The molecule has 0 bridgehead atoms. The van der Waals surface area contributed by atoms with Gasteiger partial charge < -0.3 is 14.6 Å². The van der Waals surface area contributed by atoms with Gasteiger partial charge in [-0.2, -0.15) is 0 Å². The van der Waals surface area contributed by atoms with E-state index in [1.807, 2.05) is 12.1 Å². The number of hydrogen-bond donors (Lipinski definition) is 1. The fraction of sp³-hybridized carbons (Fsp3) is 0.647. The fourth-order valence-electron chi connectivity index (χ4n) is 2.84. The third-order valence-corrected chi connectivity index (χ3v) is 4.02. The van der Waals surface area contributed by atoms with Crippen LogP contribution in [0.1, 0.15) is 51.0 Å². The lowest BCUT2D eigenvalue weighted by molar-refractivity contribution is -0.256. The zero-order valence-electron chi connectivity index (χ0n) is 12.6. The summed E-state index contributed by atoms with van der Waals surface area (Å²) in [6.07, 6.45) is 6.69. The number of ether oxygens (including phenoxy) is 2. The Kier molecular flexibility index (Phi) is 5.44. The number of aliphatic hydroxyl groups is 1. The van der Waals surface area contributed by atoms with Gasteiger partial charge in [-0.1, -0.05) is 25.5 Å². The predicted molar refractivity (Wildman–Crippen MR) is 79.9 cm³/mol. The molecule has 0 aliphatic carbocycles. The van der Waals surface area contributed by atoms with Crippen LogP contribution in [0.4, 0.5) is 0 Å². The first-order valence-corrected chi connectivity index (χ1v) is 7.68. The van der Waals surface area contributed by atoms with Gasteiger partial charge in [-0.3, -0.25) is 0 Å². The molecule has 20 heavy (non-hydrogen) atoms. The second-order valence-electron chi connectivity index (χ2n) is 5.73. The molecule has 0 aromatic heterocycles. The molecule has 2 unspecified atom stereocenters. The van der Waals surface area contributed by atoms with Crippen molar-refractivity contribution in [3.05, 3.63) is 29.8 Å². The van der Waals surface area contributed by atoms with E-state index in [0.717, 1.165) is 50.7 Å². The molecule has 112 valence electrons. The van der Waals surface area contributed by atoms with E-state index in [1.54, 1.807) is 7.11 Å². The van der Waals surface area contributed by atoms with Crippen molar-refractivity contribution in [3.8, 4) is 5.75 Å². The topological polar surface area (TPSA) is 38.7 Å². The maximum atomic E-state index is 10.5. The Morgan fingerprint density at radius 1 is 1.35 bits per heavy atom. The molecule has 0 amide bonds. The third-order valence-electron chi connectivity index (χ3n) is 4.02. The van der Waals surface area contributed by atoms with Crippen LogP contribution in [0.3, 0.4) is 0 Å². The first-order chi connectivity index (χ1) is 9.65. The molecule has 1 fully saturated rings. The zero-order chi connectivity index (χ0) is 14.4. The van der Waals surface area contributed by atoms with Gasteiger partial charge in [-0.05, 0) is 43.4 Å². The van der Waals surface area contributed by atoms with Crippen LogP contribution < -0.4 is 4.74 Å². The molecule has 2 atom stereocenters. The first kappa shape index (κ1) is 15.3. The number of methoxy groups -OCH3 is 1. The Balaban J connectivity index is 1.91. The van der Waals surface area contributed by atoms with Crippen molar-refractivity contribution < 1.29 is 14.6 Å². The SMILES string of the molecule is CCCCC1(O)CCCC(Cc2ccc(OC)cc2)O1. The highest BCUT2D eigenvalue weighted by atomic mass is 16.6. The molecule has 1 aromatic carbocycles. The highest BCUT2D eigenvalue weighted by molar-refractivity contribution is 5.27. The molecule has 1 heterocycles. The fourth-order valence-corrected chi connectivity index (χ4v) is 2.84. The lowest BCUT2D eigenvalue weighted by atomic mass is 9.94. The van der Waals surface area contributed by atoms with E-state index in [-0.39, 0.29) is 6.10 Å². The average Bonchev–Trinajstić information content (AvgIpc) is 2.46. The van der Waals surface area contributed by atoms with Crippen molar-refractivity contribution in [2.24, 2.45) is 0 Å². The first-order valence-electron chi connectivity index (χ1n) is 7.68. The van der Waals surface area contributed by atoms with Crippen molar-refractivity contribution in [1.82, 2.24) is 0 Å². The van der Waals surface area contributed by atoms with Gasteiger partial charge in [0, 0.05) is 12.8 Å². The molecular weight excluding hydrogens is 252 g/mol. The average molecular weight is 278 g/mol. The van der Waals surface area contributed by atoms with Gasteiger partial charge in [-0.25, -0.2) is 0 Å². The Bertz CT molecular complexity index is 401. The molecule has 1 aromatic rings. The van der Waals surface area contributed by atoms with Crippen LogP contribution in [-0.2, 0) is 11.2 Å². The van der Waals surface area contributed by atoms with Gasteiger partial charge in [0.2, 0.25) is 0 Å². The molecule has 0 radical (unpaired) electrons. The van der Waals surface area contributed by atoms with E-state index >= 15 is 0 Å². The largest absolute Gasteiger partial charge is 0.497 e. The lowest BCUT2D eigenvalue weighted by Gasteiger charge is -2.37. The number of rotatable bonds is 6. The van der Waals surface area contributed by atoms with Gasteiger partial charge in [0.15, 0.2) is 5.79 Å². The molecule has 0 spiro atoms. The van der Waals surface area contributed by atoms with Crippen molar-refractivity contribution >= 4 is 0 Å². The van der Waals surface area contributed by atoms with E-state index < -0.39 is 5.79 Å². The highest BCUT2D eigenvalue weighted by Crippen LogP contribution is 2.32. The molecule has 1 aliphatic rings. The Morgan fingerprint density at radius 2 is 2.10 bits per heavy atom. The zero-order valence-corrected chi connectivity index (χ0v) is 12.6. The van der Waals surface area contributed by atoms with Crippen LogP contribution >= 0.6 is 0 Å². The highest BCUT2D eigenvalue weighted by Gasteiger charge is 2.34. The standard InChI is InChI=1S/C17H26O3/c1-3-4-11-17(18)12-5-6-16(20-17)13-14-7-9-15(19-2)10-8-14/h7-10,16,18H,3-6,11-13H2,1-2H3. The summed E-state index contributed by atoms with van der Waals surface area (Å²) >= 11 is 0. The van der Waals surface area contributed by atoms with Crippen LogP contribution in [0.2, 0.25) is 0 Å². The smallest absolute Gasteiger partial charge is 0.165 e. The summed E-state index contributed by atoms with van der Waals surface area (Å²) in [6, 6.07) is 8.09. The van der Waals surface area contributed by atoms with Crippen LogP contribution in [0, 0.1) is 0 Å². The van der Waals surface area contributed by atoms with Crippen molar-refractivity contribution in [2.45, 2.75) is 63.8 Å². The van der Waals surface area contributed by atoms with E-state index in [2.05, 4.69) is 19.1 Å². The Morgan fingerprint density at radius 3 is 2.75 bits per heavy atom. The summed E-state index contributed by atoms with van der Waals surface area (Å²) in [6.45, 7) is 2.14.